The number of para-hydroxylation sites is 1. The zero-order chi connectivity index (χ0) is 29.1. The summed E-state index contributed by atoms with van der Waals surface area (Å²) in [6, 6.07) is 14.0. The normalized spacial score (nSPS) is 12.3. The number of nitrogens with zero attached hydrogens (tertiary/aromatic N) is 4. The maximum absolute atomic E-state index is 13.8. The molecule has 1 atom stereocenters. The van der Waals surface area contributed by atoms with E-state index in [0.717, 1.165) is 22.4 Å². The molecule has 1 aromatic heterocycles. The summed E-state index contributed by atoms with van der Waals surface area (Å²) in [4.78, 5) is 30.0. The van der Waals surface area contributed by atoms with Crippen molar-refractivity contribution in [1.29, 1.82) is 0 Å². The number of nitro benzene ring substituents is 1. The average molecular weight is 608 g/mol. The van der Waals surface area contributed by atoms with E-state index in [-0.39, 0.29) is 29.0 Å². The van der Waals surface area contributed by atoms with Gasteiger partial charge in [0.25, 0.3) is 5.56 Å². The minimum Gasteiger partial charge on any atom is -0.496 e. The van der Waals surface area contributed by atoms with E-state index in [0.29, 0.717) is 33.2 Å². The quantitative estimate of drug-likeness (QED) is 0.113. The molecule has 4 rings (SSSR count). The van der Waals surface area contributed by atoms with Gasteiger partial charge in [0.05, 0.1) is 35.3 Å². The number of hydrogen-bond acceptors (Lipinski definition) is 7. The Morgan fingerprint density at radius 2 is 1.90 bits per heavy atom. The lowest BCUT2D eigenvalue weighted by Crippen LogP contribution is -2.21. The molecule has 0 aliphatic heterocycles. The number of fused-ring (bicyclic) bond motifs is 1. The predicted molar refractivity (Wildman–Crippen MR) is 161 cm³/mol. The molecule has 0 saturated heterocycles. The van der Waals surface area contributed by atoms with E-state index in [2.05, 4.69) is 34.9 Å². The molecular weight excluding hydrogens is 576 g/mol. The SMILES string of the molecule is CC[C@H](C)Oc1c(C=Nn2c(-c3cc(C(C)C)c(OC)cc3C)nc3ccccc3c2=O)cc(Br)cc1[N+](=O)[O-]. The highest BCUT2D eigenvalue weighted by Crippen LogP contribution is 2.36. The van der Waals surface area contributed by atoms with Gasteiger partial charge >= 0.3 is 5.69 Å². The Hall–Kier alpha value is -4.05. The fraction of sp³-hybridized carbons (Fsp3) is 0.300. The molecule has 0 unspecified atom stereocenters. The highest BCUT2D eigenvalue weighted by Gasteiger charge is 2.23. The summed E-state index contributed by atoms with van der Waals surface area (Å²) in [5.74, 6) is 1.33. The van der Waals surface area contributed by atoms with Gasteiger partial charge in [-0.05, 0) is 67.6 Å². The summed E-state index contributed by atoms with van der Waals surface area (Å²) in [7, 11) is 1.63. The lowest BCUT2D eigenvalue weighted by molar-refractivity contribution is -0.386. The Kier molecular flexibility index (Phi) is 8.68. The molecule has 208 valence electrons. The summed E-state index contributed by atoms with van der Waals surface area (Å²) in [6.07, 6.45) is 1.78. The van der Waals surface area contributed by atoms with Crippen molar-refractivity contribution in [3.8, 4) is 22.9 Å². The van der Waals surface area contributed by atoms with Crippen molar-refractivity contribution in [2.75, 3.05) is 7.11 Å². The van der Waals surface area contributed by atoms with Crippen LogP contribution in [0.3, 0.4) is 0 Å². The van der Waals surface area contributed by atoms with E-state index in [1.165, 1.54) is 17.0 Å². The van der Waals surface area contributed by atoms with Crippen LogP contribution in [0.5, 0.6) is 11.5 Å². The predicted octanol–water partition coefficient (Wildman–Crippen LogP) is 7.23. The maximum Gasteiger partial charge on any atom is 0.312 e. The lowest BCUT2D eigenvalue weighted by atomic mass is 9.96. The first-order valence-corrected chi connectivity index (χ1v) is 13.7. The van der Waals surface area contributed by atoms with Crippen LogP contribution in [-0.2, 0) is 0 Å². The van der Waals surface area contributed by atoms with Crippen LogP contribution < -0.4 is 15.0 Å². The third-order valence-corrected chi connectivity index (χ3v) is 7.12. The number of nitro groups is 1. The third kappa shape index (κ3) is 5.77. The zero-order valence-electron chi connectivity index (χ0n) is 23.3. The number of aromatic nitrogens is 2. The number of hydrogen-bond donors (Lipinski definition) is 0. The van der Waals surface area contributed by atoms with Crippen molar-refractivity contribution in [3.63, 3.8) is 0 Å². The molecule has 0 aliphatic rings. The molecule has 0 amide bonds. The van der Waals surface area contributed by atoms with Crippen LogP contribution in [0, 0.1) is 17.0 Å². The van der Waals surface area contributed by atoms with Gasteiger partial charge in [0.15, 0.2) is 5.82 Å². The van der Waals surface area contributed by atoms with Crippen molar-refractivity contribution in [1.82, 2.24) is 9.66 Å². The Morgan fingerprint density at radius 1 is 1.18 bits per heavy atom. The van der Waals surface area contributed by atoms with Gasteiger partial charge < -0.3 is 9.47 Å². The summed E-state index contributed by atoms with van der Waals surface area (Å²) >= 11 is 3.35. The summed E-state index contributed by atoms with van der Waals surface area (Å²) < 4.78 is 13.3. The van der Waals surface area contributed by atoms with Crippen molar-refractivity contribution in [3.05, 3.63) is 90.2 Å². The summed E-state index contributed by atoms with van der Waals surface area (Å²) in [5.41, 5.74) is 2.86. The fourth-order valence-corrected chi connectivity index (χ4v) is 4.80. The van der Waals surface area contributed by atoms with Crippen LogP contribution in [0.25, 0.3) is 22.3 Å². The Morgan fingerprint density at radius 3 is 2.55 bits per heavy atom. The molecule has 0 radical (unpaired) electrons. The van der Waals surface area contributed by atoms with Crippen LogP contribution in [-0.4, -0.2) is 34.0 Å². The van der Waals surface area contributed by atoms with E-state index in [1.807, 2.05) is 39.0 Å². The highest BCUT2D eigenvalue weighted by atomic mass is 79.9. The molecule has 40 heavy (non-hydrogen) atoms. The second-order valence-electron chi connectivity index (χ2n) is 9.81. The highest BCUT2D eigenvalue weighted by molar-refractivity contribution is 9.10. The lowest BCUT2D eigenvalue weighted by Gasteiger charge is -2.18. The minimum atomic E-state index is -0.497. The molecule has 10 heteroatoms. The minimum absolute atomic E-state index is 0.0809. The van der Waals surface area contributed by atoms with Gasteiger partial charge in [-0.2, -0.15) is 9.78 Å². The van der Waals surface area contributed by atoms with Gasteiger partial charge in [0, 0.05) is 21.7 Å². The average Bonchev–Trinajstić information content (AvgIpc) is 2.92. The topological polar surface area (TPSA) is 109 Å². The van der Waals surface area contributed by atoms with E-state index >= 15 is 0 Å². The number of halogens is 1. The molecule has 0 fully saturated rings. The van der Waals surface area contributed by atoms with Crippen LogP contribution in [0.2, 0.25) is 0 Å². The van der Waals surface area contributed by atoms with E-state index < -0.39 is 4.92 Å². The standard InChI is InChI=1S/C30H31BrN4O5/c1-7-19(5)40-28-20(13-21(31)14-26(28)35(37)38)16-32-34-29(33-25-11-9-8-10-22(25)30(34)36)24-15-23(17(2)3)27(39-6)12-18(24)4/h8-17,19H,7H2,1-6H3/t19-/m0/s1. The van der Waals surface area contributed by atoms with Crippen molar-refractivity contribution in [2.24, 2.45) is 5.10 Å². The molecule has 3 aromatic carbocycles. The van der Waals surface area contributed by atoms with Crippen LogP contribution >= 0.6 is 15.9 Å². The first kappa shape index (κ1) is 28.9. The van der Waals surface area contributed by atoms with Crippen molar-refractivity contribution >= 4 is 38.7 Å². The molecule has 0 aliphatic carbocycles. The number of rotatable bonds is 9. The maximum atomic E-state index is 13.8. The van der Waals surface area contributed by atoms with Gasteiger partial charge in [-0.3, -0.25) is 14.9 Å². The first-order valence-electron chi connectivity index (χ1n) is 12.9. The van der Waals surface area contributed by atoms with Gasteiger partial charge in [-0.1, -0.05) is 48.8 Å². The second kappa shape index (κ2) is 12.0. The molecule has 1 heterocycles. The molecule has 0 bridgehead atoms. The number of aryl methyl sites for hydroxylation is 1. The molecule has 0 N–H and O–H groups in total. The van der Waals surface area contributed by atoms with E-state index in [9.17, 15) is 14.9 Å². The van der Waals surface area contributed by atoms with Crippen molar-refractivity contribution < 1.29 is 14.4 Å². The third-order valence-electron chi connectivity index (χ3n) is 6.66. The first-order chi connectivity index (χ1) is 19.0. The Balaban J connectivity index is 2.01. The molecule has 4 aromatic rings. The van der Waals surface area contributed by atoms with Gasteiger partial charge in [-0.15, -0.1) is 0 Å². The Bertz CT molecular complexity index is 1680. The van der Waals surface area contributed by atoms with E-state index in [4.69, 9.17) is 14.5 Å². The van der Waals surface area contributed by atoms with Crippen LogP contribution in [0.4, 0.5) is 5.69 Å². The zero-order valence-corrected chi connectivity index (χ0v) is 24.9. The molecule has 0 saturated carbocycles. The largest absolute Gasteiger partial charge is 0.496 e. The smallest absolute Gasteiger partial charge is 0.312 e. The summed E-state index contributed by atoms with van der Waals surface area (Å²) in [6.45, 7) is 9.82. The van der Waals surface area contributed by atoms with Gasteiger partial charge in [0.2, 0.25) is 5.75 Å². The molecule has 9 nitrogen and oxygen atoms in total. The second-order valence-corrected chi connectivity index (χ2v) is 10.7. The molecule has 0 spiro atoms. The molecular formula is C30H31BrN4O5. The number of benzene rings is 3. The monoisotopic (exact) mass is 606 g/mol. The number of methoxy groups -OCH3 is 1. The number of ether oxygens (including phenoxy) is 2. The summed E-state index contributed by atoms with van der Waals surface area (Å²) in [5, 5.41) is 16.8. The van der Waals surface area contributed by atoms with Crippen LogP contribution in [0.1, 0.15) is 56.7 Å². The Labute approximate surface area is 240 Å². The van der Waals surface area contributed by atoms with Crippen LogP contribution in [0.15, 0.2) is 62.9 Å². The van der Waals surface area contributed by atoms with Crippen molar-refractivity contribution in [2.45, 2.75) is 53.1 Å². The van der Waals surface area contributed by atoms with Gasteiger partial charge in [-0.25, -0.2) is 4.98 Å². The fourth-order valence-electron chi connectivity index (χ4n) is 4.34. The van der Waals surface area contributed by atoms with Gasteiger partial charge in [0.1, 0.15) is 5.75 Å². The van der Waals surface area contributed by atoms with E-state index in [1.54, 1.807) is 31.4 Å².